The maximum absolute atomic E-state index is 12.9. The molecule has 88 valence electrons. The fourth-order valence-electron chi connectivity index (χ4n) is 1.74. The van der Waals surface area contributed by atoms with E-state index < -0.39 is 5.82 Å². The molecule has 2 aromatic rings. The molecule has 1 aromatic carbocycles. The summed E-state index contributed by atoms with van der Waals surface area (Å²) in [6.45, 7) is 3.47. The van der Waals surface area contributed by atoms with Crippen molar-refractivity contribution in [2.75, 3.05) is 5.73 Å². The van der Waals surface area contributed by atoms with Crippen LogP contribution in [0.25, 0.3) is 0 Å². The number of carbonyl (C=O) groups excluding carboxylic acids is 1. The van der Waals surface area contributed by atoms with Crippen LogP contribution < -0.4 is 5.73 Å². The second kappa shape index (κ2) is 4.05. The number of carbonyl (C=O) groups is 1. The third-order valence-corrected chi connectivity index (χ3v) is 2.54. The average molecular weight is 233 g/mol. The van der Waals surface area contributed by atoms with Gasteiger partial charge in [-0.3, -0.25) is 4.79 Å². The number of ketones is 1. The van der Waals surface area contributed by atoms with E-state index in [0.29, 0.717) is 17.1 Å². The summed E-state index contributed by atoms with van der Waals surface area (Å²) in [4.78, 5) is 12.2. The molecule has 0 bridgehead atoms. The molecule has 1 aromatic heterocycles. The van der Waals surface area contributed by atoms with Gasteiger partial charge in [-0.2, -0.15) is 0 Å². The van der Waals surface area contributed by atoms with Gasteiger partial charge in [0.15, 0.2) is 5.78 Å². The van der Waals surface area contributed by atoms with E-state index in [-0.39, 0.29) is 17.0 Å². The molecule has 0 amide bonds. The molecule has 1 heterocycles. The molecule has 0 unspecified atom stereocenters. The Balaban J connectivity index is 2.47. The van der Waals surface area contributed by atoms with Gasteiger partial charge in [0.1, 0.15) is 17.3 Å². The van der Waals surface area contributed by atoms with E-state index in [1.54, 1.807) is 19.9 Å². The minimum Gasteiger partial charge on any atom is -0.466 e. The van der Waals surface area contributed by atoms with Crippen molar-refractivity contribution < 1.29 is 13.6 Å². The van der Waals surface area contributed by atoms with Crippen LogP contribution >= 0.6 is 0 Å². The van der Waals surface area contributed by atoms with E-state index in [1.165, 1.54) is 12.1 Å². The molecule has 0 radical (unpaired) electrons. The SMILES string of the molecule is Cc1cc(C(=O)c2ccc(F)cc2N)c(C)o1. The average Bonchev–Trinajstić information content (AvgIpc) is 2.57. The third-order valence-electron chi connectivity index (χ3n) is 2.54. The summed E-state index contributed by atoms with van der Waals surface area (Å²) >= 11 is 0. The zero-order valence-corrected chi connectivity index (χ0v) is 9.58. The molecule has 0 spiro atoms. The standard InChI is InChI=1S/C13H12FNO2/c1-7-5-11(8(2)17-7)13(16)10-4-3-9(14)6-12(10)15/h3-6H,15H2,1-2H3. The molecule has 0 aliphatic rings. The van der Waals surface area contributed by atoms with Gasteiger partial charge in [-0.05, 0) is 38.1 Å². The number of aryl methyl sites for hydroxylation is 2. The van der Waals surface area contributed by atoms with Crippen LogP contribution in [0.15, 0.2) is 28.7 Å². The number of anilines is 1. The molecule has 0 aliphatic heterocycles. The maximum Gasteiger partial charge on any atom is 0.198 e. The van der Waals surface area contributed by atoms with Crippen LogP contribution in [-0.2, 0) is 0 Å². The van der Waals surface area contributed by atoms with Gasteiger partial charge < -0.3 is 10.2 Å². The number of rotatable bonds is 2. The zero-order valence-electron chi connectivity index (χ0n) is 9.58. The van der Waals surface area contributed by atoms with Gasteiger partial charge >= 0.3 is 0 Å². The number of furan rings is 1. The van der Waals surface area contributed by atoms with Crippen LogP contribution in [-0.4, -0.2) is 5.78 Å². The van der Waals surface area contributed by atoms with Gasteiger partial charge in [-0.25, -0.2) is 4.39 Å². The molecule has 0 saturated heterocycles. The predicted molar refractivity (Wildman–Crippen MR) is 62.4 cm³/mol. The molecular formula is C13H12FNO2. The minimum atomic E-state index is -0.459. The summed E-state index contributed by atoms with van der Waals surface area (Å²) in [5.41, 5.74) is 6.50. The second-order valence-corrected chi connectivity index (χ2v) is 3.89. The first kappa shape index (κ1) is 11.4. The molecule has 2 rings (SSSR count). The number of nitrogens with two attached hydrogens (primary N) is 1. The van der Waals surface area contributed by atoms with Gasteiger partial charge in [0.05, 0.1) is 5.56 Å². The highest BCUT2D eigenvalue weighted by molar-refractivity contribution is 6.12. The number of hydrogen-bond acceptors (Lipinski definition) is 3. The van der Waals surface area contributed by atoms with Crippen LogP contribution in [0.1, 0.15) is 27.4 Å². The van der Waals surface area contributed by atoms with E-state index in [0.717, 1.165) is 6.07 Å². The van der Waals surface area contributed by atoms with Crippen molar-refractivity contribution in [2.45, 2.75) is 13.8 Å². The Morgan fingerprint density at radius 2 is 1.94 bits per heavy atom. The molecule has 0 saturated carbocycles. The van der Waals surface area contributed by atoms with Crippen molar-refractivity contribution in [3.8, 4) is 0 Å². The molecule has 0 aliphatic carbocycles. The summed E-state index contributed by atoms with van der Waals surface area (Å²) in [5, 5.41) is 0. The van der Waals surface area contributed by atoms with Crippen molar-refractivity contribution in [1.82, 2.24) is 0 Å². The topological polar surface area (TPSA) is 56.2 Å². The first-order chi connectivity index (χ1) is 7.99. The summed E-state index contributed by atoms with van der Waals surface area (Å²) < 4.78 is 18.2. The number of hydrogen-bond donors (Lipinski definition) is 1. The largest absolute Gasteiger partial charge is 0.466 e. The maximum atomic E-state index is 12.9. The van der Waals surface area contributed by atoms with E-state index in [2.05, 4.69) is 0 Å². The monoisotopic (exact) mass is 233 g/mol. The second-order valence-electron chi connectivity index (χ2n) is 3.89. The Bertz CT molecular complexity index is 587. The predicted octanol–water partition coefficient (Wildman–Crippen LogP) is 2.85. The Kier molecular flexibility index (Phi) is 2.71. The molecule has 2 N–H and O–H groups in total. The fraction of sp³-hybridized carbons (Fsp3) is 0.154. The summed E-state index contributed by atoms with van der Waals surface area (Å²) in [6.07, 6.45) is 0. The number of halogens is 1. The van der Waals surface area contributed by atoms with Crippen LogP contribution in [0.3, 0.4) is 0 Å². The minimum absolute atomic E-state index is 0.133. The Labute approximate surface area is 98.0 Å². The molecule has 4 heteroatoms. The van der Waals surface area contributed by atoms with Crippen LogP contribution in [0.2, 0.25) is 0 Å². The van der Waals surface area contributed by atoms with Crippen molar-refractivity contribution in [2.24, 2.45) is 0 Å². The van der Waals surface area contributed by atoms with Gasteiger partial charge in [0.2, 0.25) is 0 Å². The smallest absolute Gasteiger partial charge is 0.198 e. The lowest BCUT2D eigenvalue weighted by Gasteiger charge is -2.03. The fourth-order valence-corrected chi connectivity index (χ4v) is 1.74. The normalized spacial score (nSPS) is 10.5. The molecular weight excluding hydrogens is 221 g/mol. The van der Waals surface area contributed by atoms with Crippen molar-refractivity contribution >= 4 is 11.5 Å². The molecule has 0 atom stereocenters. The van der Waals surface area contributed by atoms with E-state index in [1.807, 2.05) is 0 Å². The van der Waals surface area contributed by atoms with Crippen LogP contribution in [0, 0.1) is 19.7 Å². The lowest BCUT2D eigenvalue weighted by molar-refractivity contribution is 0.103. The van der Waals surface area contributed by atoms with Gasteiger partial charge in [-0.1, -0.05) is 0 Å². The highest BCUT2D eigenvalue weighted by atomic mass is 19.1. The van der Waals surface area contributed by atoms with Crippen molar-refractivity contribution in [3.63, 3.8) is 0 Å². The van der Waals surface area contributed by atoms with Crippen LogP contribution in [0.4, 0.5) is 10.1 Å². The van der Waals surface area contributed by atoms with Gasteiger partial charge in [0.25, 0.3) is 0 Å². The van der Waals surface area contributed by atoms with Crippen molar-refractivity contribution in [1.29, 1.82) is 0 Å². The zero-order chi connectivity index (χ0) is 12.6. The lowest BCUT2D eigenvalue weighted by Crippen LogP contribution is -2.06. The Morgan fingerprint density at radius 3 is 2.47 bits per heavy atom. The summed E-state index contributed by atoms with van der Waals surface area (Å²) in [6, 6.07) is 5.39. The van der Waals surface area contributed by atoms with Gasteiger partial charge in [0, 0.05) is 11.3 Å². The van der Waals surface area contributed by atoms with E-state index >= 15 is 0 Å². The van der Waals surface area contributed by atoms with Gasteiger partial charge in [-0.15, -0.1) is 0 Å². The first-order valence-electron chi connectivity index (χ1n) is 5.16. The quantitative estimate of drug-likeness (QED) is 0.641. The third kappa shape index (κ3) is 2.06. The molecule has 0 fully saturated rings. The number of nitrogen functional groups attached to an aromatic ring is 1. The van der Waals surface area contributed by atoms with E-state index in [9.17, 15) is 9.18 Å². The lowest BCUT2D eigenvalue weighted by atomic mass is 10.0. The molecule has 17 heavy (non-hydrogen) atoms. The number of benzene rings is 1. The van der Waals surface area contributed by atoms with E-state index in [4.69, 9.17) is 10.2 Å². The van der Waals surface area contributed by atoms with Crippen molar-refractivity contribution in [3.05, 3.63) is 52.7 Å². The Hall–Kier alpha value is -2.10. The highest BCUT2D eigenvalue weighted by Crippen LogP contribution is 2.22. The Morgan fingerprint density at radius 1 is 1.24 bits per heavy atom. The van der Waals surface area contributed by atoms with Crippen LogP contribution in [0.5, 0.6) is 0 Å². The summed E-state index contributed by atoms with van der Waals surface area (Å²) in [7, 11) is 0. The highest BCUT2D eigenvalue weighted by Gasteiger charge is 2.17. The molecule has 3 nitrogen and oxygen atoms in total. The first-order valence-corrected chi connectivity index (χ1v) is 5.16. The summed E-state index contributed by atoms with van der Waals surface area (Å²) in [5.74, 6) is 0.485.